The molecule has 21 heavy (non-hydrogen) atoms. The van der Waals surface area contributed by atoms with Crippen molar-refractivity contribution in [1.82, 2.24) is 0 Å². The van der Waals surface area contributed by atoms with Crippen molar-refractivity contribution < 1.29 is 23.8 Å². The molecule has 118 valence electrons. The summed E-state index contributed by atoms with van der Waals surface area (Å²) in [6, 6.07) is 0. The smallest absolute Gasteiger partial charge is 0.313 e. The summed E-state index contributed by atoms with van der Waals surface area (Å²) in [6.07, 6.45) is 5.85. The Morgan fingerprint density at radius 2 is 1.76 bits per heavy atom. The van der Waals surface area contributed by atoms with E-state index in [1.165, 1.54) is 0 Å². The van der Waals surface area contributed by atoms with Gasteiger partial charge in [-0.25, -0.2) is 0 Å². The zero-order valence-corrected chi connectivity index (χ0v) is 12.8. The SMILES string of the molecule is CCCCOC(=O)C1C=C2OC2CC1C(=O)OCCCC. The number of carbonyl (C=O) groups is 2. The molecule has 0 radical (unpaired) electrons. The number of carbonyl (C=O) groups excluding carboxylic acids is 2. The molecular formula is C16H24O5. The Kier molecular flexibility index (Phi) is 5.65. The molecule has 1 aliphatic heterocycles. The van der Waals surface area contributed by atoms with Crippen molar-refractivity contribution in [1.29, 1.82) is 0 Å². The first-order valence-electron chi connectivity index (χ1n) is 7.89. The predicted molar refractivity (Wildman–Crippen MR) is 76.3 cm³/mol. The lowest BCUT2D eigenvalue weighted by molar-refractivity contribution is -0.159. The van der Waals surface area contributed by atoms with Gasteiger partial charge in [-0.2, -0.15) is 0 Å². The highest BCUT2D eigenvalue weighted by molar-refractivity contribution is 5.84. The zero-order valence-electron chi connectivity index (χ0n) is 12.8. The number of rotatable bonds is 8. The maximum atomic E-state index is 12.2. The van der Waals surface area contributed by atoms with Gasteiger partial charge in [0.15, 0.2) is 6.10 Å². The Bertz CT molecular complexity index is 415. The fraction of sp³-hybridized carbons (Fsp3) is 0.750. The highest BCUT2D eigenvalue weighted by Crippen LogP contribution is 2.42. The number of hydrogen-bond donors (Lipinski definition) is 0. The minimum absolute atomic E-state index is 0.00610. The summed E-state index contributed by atoms with van der Waals surface area (Å²) in [5.41, 5.74) is 0. The van der Waals surface area contributed by atoms with E-state index in [1.807, 2.05) is 13.8 Å². The second-order valence-electron chi connectivity index (χ2n) is 5.59. The lowest BCUT2D eigenvalue weighted by atomic mass is 9.84. The van der Waals surface area contributed by atoms with Gasteiger partial charge in [0.2, 0.25) is 0 Å². The van der Waals surface area contributed by atoms with Crippen LogP contribution in [0.4, 0.5) is 0 Å². The maximum Gasteiger partial charge on any atom is 0.313 e. The van der Waals surface area contributed by atoms with E-state index in [4.69, 9.17) is 14.2 Å². The number of esters is 2. The highest BCUT2D eigenvalue weighted by atomic mass is 16.6. The van der Waals surface area contributed by atoms with Crippen LogP contribution in [0.1, 0.15) is 46.0 Å². The monoisotopic (exact) mass is 296 g/mol. The summed E-state index contributed by atoms with van der Waals surface area (Å²) in [5.74, 6) is -0.893. The zero-order chi connectivity index (χ0) is 15.2. The molecule has 0 aromatic heterocycles. The Morgan fingerprint density at radius 3 is 2.38 bits per heavy atom. The largest absolute Gasteiger partial charge is 0.483 e. The van der Waals surface area contributed by atoms with E-state index in [1.54, 1.807) is 6.08 Å². The van der Waals surface area contributed by atoms with Crippen molar-refractivity contribution in [2.24, 2.45) is 11.8 Å². The van der Waals surface area contributed by atoms with Gasteiger partial charge >= 0.3 is 11.9 Å². The minimum atomic E-state index is -0.565. The Balaban J connectivity index is 1.93. The van der Waals surface area contributed by atoms with Gasteiger partial charge in [-0.05, 0) is 18.9 Å². The topological polar surface area (TPSA) is 65.1 Å². The molecule has 0 saturated carbocycles. The fourth-order valence-corrected chi connectivity index (χ4v) is 2.42. The predicted octanol–water partition coefficient (Wildman–Crippen LogP) is 2.59. The first kappa shape index (κ1) is 15.9. The molecule has 3 atom stereocenters. The number of hydrogen-bond acceptors (Lipinski definition) is 5. The molecule has 5 heteroatoms. The standard InChI is InChI=1S/C16H24O5/c1-3-5-7-19-15(17)11-9-13-14(21-13)10-12(11)16(18)20-8-6-4-2/h9,11-12,14H,3-8,10H2,1-2H3. The van der Waals surface area contributed by atoms with Crippen LogP contribution >= 0.6 is 0 Å². The average Bonchev–Trinajstić information content (AvgIpc) is 3.24. The van der Waals surface area contributed by atoms with E-state index < -0.39 is 11.8 Å². The van der Waals surface area contributed by atoms with Crippen LogP contribution in [0.25, 0.3) is 0 Å². The van der Waals surface area contributed by atoms with Crippen LogP contribution in [-0.2, 0) is 23.8 Å². The van der Waals surface area contributed by atoms with E-state index in [-0.39, 0.29) is 18.0 Å². The molecule has 5 nitrogen and oxygen atoms in total. The molecule has 0 amide bonds. The Labute approximate surface area is 125 Å². The third-order valence-corrected chi connectivity index (χ3v) is 3.84. The molecule has 1 fully saturated rings. The second kappa shape index (κ2) is 7.48. The van der Waals surface area contributed by atoms with Gasteiger partial charge in [0.1, 0.15) is 5.76 Å². The molecule has 0 bridgehead atoms. The molecule has 2 aliphatic rings. The lowest BCUT2D eigenvalue weighted by Gasteiger charge is -2.22. The first-order valence-corrected chi connectivity index (χ1v) is 7.89. The van der Waals surface area contributed by atoms with Crippen LogP contribution < -0.4 is 0 Å². The molecule has 1 heterocycles. The van der Waals surface area contributed by atoms with Crippen molar-refractivity contribution in [3.63, 3.8) is 0 Å². The van der Waals surface area contributed by atoms with Crippen molar-refractivity contribution >= 4 is 11.9 Å². The normalized spacial score (nSPS) is 26.2. The summed E-state index contributed by atoms with van der Waals surface area (Å²) in [4.78, 5) is 24.3. The van der Waals surface area contributed by atoms with Gasteiger partial charge in [0.05, 0.1) is 25.0 Å². The van der Waals surface area contributed by atoms with Crippen LogP contribution in [0.3, 0.4) is 0 Å². The van der Waals surface area contributed by atoms with Crippen LogP contribution in [0, 0.1) is 11.8 Å². The molecule has 0 N–H and O–H groups in total. The molecule has 2 rings (SSSR count). The van der Waals surface area contributed by atoms with Crippen LogP contribution in [0.15, 0.2) is 11.8 Å². The van der Waals surface area contributed by atoms with Gasteiger partial charge in [-0.3, -0.25) is 9.59 Å². The third-order valence-electron chi connectivity index (χ3n) is 3.84. The Morgan fingerprint density at radius 1 is 1.14 bits per heavy atom. The first-order chi connectivity index (χ1) is 10.2. The molecule has 0 spiro atoms. The van der Waals surface area contributed by atoms with Crippen LogP contribution in [-0.4, -0.2) is 31.3 Å². The molecule has 0 aromatic carbocycles. The minimum Gasteiger partial charge on any atom is -0.483 e. The fourth-order valence-electron chi connectivity index (χ4n) is 2.42. The van der Waals surface area contributed by atoms with E-state index in [9.17, 15) is 9.59 Å². The average molecular weight is 296 g/mol. The van der Waals surface area contributed by atoms with Crippen molar-refractivity contribution in [3.05, 3.63) is 11.8 Å². The number of epoxide rings is 1. The summed E-state index contributed by atoms with van der Waals surface area (Å²) in [5, 5.41) is 0. The number of ether oxygens (including phenoxy) is 3. The summed E-state index contributed by atoms with van der Waals surface area (Å²) in [6.45, 7) is 4.88. The maximum absolute atomic E-state index is 12.2. The third kappa shape index (κ3) is 4.22. The van der Waals surface area contributed by atoms with Crippen LogP contribution in [0.5, 0.6) is 0 Å². The van der Waals surface area contributed by atoms with Gasteiger partial charge in [-0.15, -0.1) is 0 Å². The molecular weight excluding hydrogens is 272 g/mol. The number of unbranched alkanes of at least 4 members (excludes halogenated alkanes) is 2. The summed E-state index contributed by atoms with van der Waals surface area (Å²) in [7, 11) is 0. The Hall–Kier alpha value is -1.52. The second-order valence-corrected chi connectivity index (χ2v) is 5.59. The van der Waals surface area contributed by atoms with E-state index in [0.717, 1.165) is 31.4 Å². The van der Waals surface area contributed by atoms with E-state index in [0.29, 0.717) is 19.6 Å². The van der Waals surface area contributed by atoms with E-state index in [2.05, 4.69) is 0 Å². The summed E-state index contributed by atoms with van der Waals surface area (Å²) >= 11 is 0. The molecule has 3 unspecified atom stereocenters. The van der Waals surface area contributed by atoms with E-state index >= 15 is 0 Å². The van der Waals surface area contributed by atoms with Gasteiger partial charge in [-0.1, -0.05) is 26.7 Å². The molecule has 1 aliphatic carbocycles. The van der Waals surface area contributed by atoms with Gasteiger partial charge in [0, 0.05) is 6.42 Å². The van der Waals surface area contributed by atoms with Crippen molar-refractivity contribution in [3.8, 4) is 0 Å². The van der Waals surface area contributed by atoms with Gasteiger partial charge < -0.3 is 14.2 Å². The molecule has 1 saturated heterocycles. The van der Waals surface area contributed by atoms with Gasteiger partial charge in [0.25, 0.3) is 0 Å². The molecule has 0 aromatic rings. The van der Waals surface area contributed by atoms with Crippen molar-refractivity contribution in [2.75, 3.05) is 13.2 Å². The van der Waals surface area contributed by atoms with Crippen LogP contribution in [0.2, 0.25) is 0 Å². The quantitative estimate of drug-likeness (QED) is 0.391. The highest BCUT2D eigenvalue weighted by Gasteiger charge is 2.48. The number of fused-ring (bicyclic) bond motifs is 1. The van der Waals surface area contributed by atoms with Crippen molar-refractivity contribution in [2.45, 2.75) is 52.1 Å². The lowest BCUT2D eigenvalue weighted by Crippen LogP contribution is -2.34. The summed E-state index contributed by atoms with van der Waals surface area (Å²) < 4.78 is 15.8.